The van der Waals surface area contributed by atoms with Crippen LogP contribution in [0.2, 0.25) is 0 Å². The number of rotatable bonds is 9. The van der Waals surface area contributed by atoms with Crippen molar-refractivity contribution in [2.75, 3.05) is 40.0 Å². The number of carbonyl (C=O) groups excluding carboxylic acids is 1. The molecule has 0 aromatic heterocycles. The fourth-order valence-corrected chi connectivity index (χ4v) is 5.02. The number of benzene rings is 3. The van der Waals surface area contributed by atoms with E-state index in [4.69, 9.17) is 14.2 Å². The number of hydrogen-bond donors (Lipinski definition) is 1. The fourth-order valence-electron chi connectivity index (χ4n) is 5.02. The van der Waals surface area contributed by atoms with E-state index in [1.165, 1.54) is 12.8 Å². The molecule has 0 bridgehead atoms. The van der Waals surface area contributed by atoms with E-state index in [0.717, 1.165) is 65.6 Å². The number of fused-ring (bicyclic) bond motifs is 1. The van der Waals surface area contributed by atoms with Crippen LogP contribution in [0.4, 0.5) is 0 Å². The Labute approximate surface area is 213 Å². The van der Waals surface area contributed by atoms with Gasteiger partial charge in [-0.05, 0) is 78.9 Å². The Bertz CT molecular complexity index is 1170. The Morgan fingerprint density at radius 1 is 0.917 bits per heavy atom. The second kappa shape index (κ2) is 11.5. The molecule has 1 N–H and O–H groups in total. The van der Waals surface area contributed by atoms with Crippen molar-refractivity contribution in [3.05, 3.63) is 77.9 Å². The van der Waals surface area contributed by atoms with E-state index in [-0.39, 0.29) is 11.9 Å². The number of carbonyl (C=O) groups is 1. The number of amides is 1. The molecule has 1 atom stereocenters. The maximum Gasteiger partial charge on any atom is 0.224 e. The molecule has 188 valence electrons. The third-order valence-corrected chi connectivity index (χ3v) is 6.85. The predicted molar refractivity (Wildman–Crippen MR) is 141 cm³/mol. The molecule has 1 amide bonds. The molecule has 3 aromatic carbocycles. The van der Waals surface area contributed by atoms with Crippen LogP contribution in [0, 0.1) is 0 Å². The monoisotopic (exact) mass is 486 g/mol. The van der Waals surface area contributed by atoms with Crippen molar-refractivity contribution in [2.24, 2.45) is 0 Å². The average molecular weight is 487 g/mol. The maximum atomic E-state index is 13.1. The van der Waals surface area contributed by atoms with E-state index < -0.39 is 0 Å². The number of nitrogens with one attached hydrogen (secondary N) is 1. The molecule has 36 heavy (non-hydrogen) atoms. The molecule has 1 fully saturated rings. The molecule has 0 radical (unpaired) electrons. The molecule has 5 rings (SSSR count). The van der Waals surface area contributed by atoms with Crippen LogP contribution in [0.1, 0.15) is 24.0 Å². The van der Waals surface area contributed by atoms with Gasteiger partial charge in [0.2, 0.25) is 5.91 Å². The average Bonchev–Trinajstić information content (AvgIpc) is 3.42. The maximum absolute atomic E-state index is 13.1. The van der Waals surface area contributed by atoms with Crippen LogP contribution in [0.15, 0.2) is 66.7 Å². The highest BCUT2D eigenvalue weighted by Gasteiger charge is 2.21. The molecule has 0 aliphatic carbocycles. The van der Waals surface area contributed by atoms with Gasteiger partial charge < -0.3 is 24.4 Å². The van der Waals surface area contributed by atoms with Crippen LogP contribution >= 0.6 is 0 Å². The molecule has 0 unspecified atom stereocenters. The Kier molecular flexibility index (Phi) is 7.72. The van der Waals surface area contributed by atoms with Crippen molar-refractivity contribution in [2.45, 2.75) is 31.7 Å². The summed E-state index contributed by atoms with van der Waals surface area (Å²) in [6, 6.07) is 22.3. The Balaban J connectivity index is 1.23. The first kappa shape index (κ1) is 24.2. The first-order valence-electron chi connectivity index (χ1n) is 12.8. The molecule has 0 spiro atoms. The molecule has 2 aliphatic rings. The van der Waals surface area contributed by atoms with Crippen molar-refractivity contribution in [1.29, 1.82) is 0 Å². The van der Waals surface area contributed by atoms with Gasteiger partial charge in [-0.25, -0.2) is 0 Å². The number of ether oxygens (including phenoxy) is 3. The molecule has 2 heterocycles. The normalized spacial score (nSPS) is 15.9. The third kappa shape index (κ3) is 6.18. The van der Waals surface area contributed by atoms with Gasteiger partial charge >= 0.3 is 0 Å². The fraction of sp³-hybridized carbons (Fsp3) is 0.367. The van der Waals surface area contributed by atoms with Gasteiger partial charge in [0, 0.05) is 12.6 Å². The zero-order chi connectivity index (χ0) is 24.7. The summed E-state index contributed by atoms with van der Waals surface area (Å²) in [5.74, 6) is 2.47. The molecule has 6 nitrogen and oxygen atoms in total. The standard InChI is InChI=1S/C30H34N2O4/c1-34-27-6-4-5-25(20-27)24-10-7-22(8-11-24)19-30(33)31-26(21-32-13-2-3-14-32)17-23-9-12-28-29(18-23)36-16-15-35-28/h4-12,18,20,26H,2-3,13-17,19,21H2,1H3,(H,31,33)/t26-/m0/s1. The summed E-state index contributed by atoms with van der Waals surface area (Å²) in [5, 5.41) is 3.31. The molecule has 2 aliphatic heterocycles. The quantitative estimate of drug-likeness (QED) is 0.483. The first-order valence-corrected chi connectivity index (χ1v) is 12.8. The highest BCUT2D eigenvalue weighted by molar-refractivity contribution is 5.79. The Morgan fingerprint density at radius 3 is 2.44 bits per heavy atom. The third-order valence-electron chi connectivity index (χ3n) is 6.85. The van der Waals surface area contributed by atoms with E-state index in [1.54, 1.807) is 7.11 Å². The van der Waals surface area contributed by atoms with Crippen molar-refractivity contribution in [3.8, 4) is 28.4 Å². The summed E-state index contributed by atoms with van der Waals surface area (Å²) in [6.45, 7) is 4.20. The summed E-state index contributed by atoms with van der Waals surface area (Å²) in [6.07, 6.45) is 3.57. The summed E-state index contributed by atoms with van der Waals surface area (Å²) in [4.78, 5) is 15.5. The van der Waals surface area contributed by atoms with Crippen molar-refractivity contribution >= 4 is 5.91 Å². The molecule has 0 saturated carbocycles. The van der Waals surface area contributed by atoms with Crippen molar-refractivity contribution < 1.29 is 19.0 Å². The Hall–Kier alpha value is -3.51. The van der Waals surface area contributed by atoms with E-state index in [1.807, 2.05) is 36.4 Å². The van der Waals surface area contributed by atoms with Crippen LogP contribution in [0.3, 0.4) is 0 Å². The van der Waals surface area contributed by atoms with Crippen LogP contribution in [-0.2, 0) is 17.6 Å². The lowest BCUT2D eigenvalue weighted by atomic mass is 10.0. The van der Waals surface area contributed by atoms with Crippen LogP contribution in [0.5, 0.6) is 17.2 Å². The lowest BCUT2D eigenvalue weighted by Gasteiger charge is -2.25. The minimum absolute atomic E-state index is 0.0363. The summed E-state index contributed by atoms with van der Waals surface area (Å²) in [5.41, 5.74) is 4.34. The van der Waals surface area contributed by atoms with Gasteiger partial charge in [-0.3, -0.25) is 4.79 Å². The lowest BCUT2D eigenvalue weighted by Crippen LogP contribution is -2.45. The zero-order valence-corrected chi connectivity index (χ0v) is 20.9. The summed E-state index contributed by atoms with van der Waals surface area (Å²) < 4.78 is 16.8. The number of methoxy groups -OCH3 is 1. The second-order valence-electron chi connectivity index (χ2n) is 9.56. The molecular weight excluding hydrogens is 452 g/mol. The second-order valence-corrected chi connectivity index (χ2v) is 9.56. The van der Waals surface area contributed by atoms with Crippen LogP contribution in [0.25, 0.3) is 11.1 Å². The molecule has 1 saturated heterocycles. The summed E-state index contributed by atoms with van der Waals surface area (Å²) in [7, 11) is 1.67. The van der Waals surface area contributed by atoms with Gasteiger partial charge in [-0.15, -0.1) is 0 Å². The molecular formula is C30H34N2O4. The van der Waals surface area contributed by atoms with E-state index >= 15 is 0 Å². The lowest BCUT2D eigenvalue weighted by molar-refractivity contribution is -0.121. The largest absolute Gasteiger partial charge is 0.497 e. The van der Waals surface area contributed by atoms with Crippen LogP contribution < -0.4 is 19.5 Å². The first-order chi connectivity index (χ1) is 17.7. The summed E-state index contributed by atoms with van der Waals surface area (Å²) >= 11 is 0. The van der Waals surface area contributed by atoms with Gasteiger partial charge in [0.1, 0.15) is 19.0 Å². The van der Waals surface area contributed by atoms with Crippen molar-refractivity contribution in [1.82, 2.24) is 10.2 Å². The van der Waals surface area contributed by atoms with Crippen molar-refractivity contribution in [3.63, 3.8) is 0 Å². The molecule has 3 aromatic rings. The topological polar surface area (TPSA) is 60.0 Å². The zero-order valence-electron chi connectivity index (χ0n) is 20.9. The van der Waals surface area contributed by atoms with Gasteiger partial charge in [0.25, 0.3) is 0 Å². The molecule has 6 heteroatoms. The van der Waals surface area contributed by atoms with Gasteiger partial charge in [-0.2, -0.15) is 0 Å². The highest BCUT2D eigenvalue weighted by Crippen LogP contribution is 2.31. The van der Waals surface area contributed by atoms with Gasteiger partial charge in [0.05, 0.1) is 13.5 Å². The van der Waals surface area contributed by atoms with Gasteiger partial charge in [-0.1, -0.05) is 42.5 Å². The van der Waals surface area contributed by atoms with Gasteiger partial charge in [0.15, 0.2) is 11.5 Å². The predicted octanol–water partition coefficient (Wildman–Crippen LogP) is 4.50. The SMILES string of the molecule is COc1cccc(-c2ccc(CC(=O)N[C@@H](Cc3ccc4c(c3)OCCO4)CN3CCCC3)cc2)c1. The van der Waals surface area contributed by atoms with E-state index in [0.29, 0.717) is 19.6 Å². The van der Waals surface area contributed by atoms with E-state index in [9.17, 15) is 4.79 Å². The highest BCUT2D eigenvalue weighted by atomic mass is 16.6. The number of hydrogen-bond acceptors (Lipinski definition) is 5. The number of likely N-dealkylation sites (tertiary alicyclic amines) is 1. The van der Waals surface area contributed by atoms with E-state index in [2.05, 4.69) is 40.5 Å². The van der Waals surface area contributed by atoms with Crippen LogP contribution in [-0.4, -0.2) is 56.8 Å². The minimum Gasteiger partial charge on any atom is -0.497 e. The minimum atomic E-state index is 0.0363. The number of nitrogens with zero attached hydrogens (tertiary/aromatic N) is 1. The smallest absolute Gasteiger partial charge is 0.224 e. The Morgan fingerprint density at radius 2 is 1.67 bits per heavy atom.